The van der Waals surface area contributed by atoms with Crippen LogP contribution in [0.2, 0.25) is 0 Å². The smallest absolute Gasteiger partial charge is 0.336 e. The summed E-state index contributed by atoms with van der Waals surface area (Å²) in [5, 5.41) is 21.0. The molecule has 0 heterocycles. The van der Waals surface area contributed by atoms with Crippen LogP contribution in [-0.4, -0.2) is 22.1 Å². The van der Waals surface area contributed by atoms with E-state index in [2.05, 4.69) is 6.92 Å². The summed E-state index contributed by atoms with van der Waals surface area (Å²) in [6, 6.07) is 8.83. The van der Waals surface area contributed by atoms with Gasteiger partial charge in [0.05, 0.1) is 33.9 Å². The number of carbonyl (C=O) groups is 1. The Bertz CT molecular complexity index is 851. The zero-order valence-electron chi connectivity index (χ0n) is 16.2. The van der Waals surface area contributed by atoms with Crippen molar-refractivity contribution in [2.75, 3.05) is 5.73 Å². The van der Waals surface area contributed by atoms with Gasteiger partial charge < -0.3 is 15.6 Å². The number of carboxylic acids is 1. The van der Waals surface area contributed by atoms with E-state index in [4.69, 9.17) is 10.5 Å². The van der Waals surface area contributed by atoms with Crippen LogP contribution in [0, 0.1) is 10.1 Å². The van der Waals surface area contributed by atoms with Gasteiger partial charge >= 0.3 is 5.97 Å². The molecule has 28 heavy (non-hydrogen) atoms. The number of nitro benzene ring substituents is 1. The molecule has 150 valence electrons. The minimum atomic E-state index is -1.16. The average Bonchev–Trinajstić information content (AvgIpc) is 2.66. The lowest BCUT2D eigenvalue weighted by Gasteiger charge is -2.17. The van der Waals surface area contributed by atoms with Crippen molar-refractivity contribution in [1.82, 2.24) is 0 Å². The van der Waals surface area contributed by atoms with Crippen LogP contribution in [0.15, 0.2) is 36.4 Å². The molecule has 0 saturated carbocycles. The highest BCUT2D eigenvalue weighted by Gasteiger charge is 2.23. The molecule has 2 rings (SSSR count). The Labute approximate surface area is 164 Å². The fraction of sp³-hybridized carbons (Fsp3) is 0.381. The van der Waals surface area contributed by atoms with Gasteiger partial charge in [-0.15, -0.1) is 0 Å². The van der Waals surface area contributed by atoms with Crippen molar-refractivity contribution in [2.45, 2.75) is 52.1 Å². The zero-order chi connectivity index (χ0) is 20.7. The number of hydrogen-bond acceptors (Lipinski definition) is 5. The van der Waals surface area contributed by atoms with Gasteiger partial charge in [0.2, 0.25) is 0 Å². The second-order valence-electron chi connectivity index (χ2n) is 6.79. The number of nitrogens with zero attached hydrogens (tertiary/aromatic N) is 1. The first-order valence-electron chi connectivity index (χ1n) is 9.42. The molecule has 0 aliphatic heterocycles. The molecule has 0 aliphatic rings. The van der Waals surface area contributed by atoms with Crippen molar-refractivity contribution in [1.29, 1.82) is 0 Å². The molecule has 0 fully saturated rings. The van der Waals surface area contributed by atoms with Crippen molar-refractivity contribution in [3.05, 3.63) is 52.1 Å². The summed E-state index contributed by atoms with van der Waals surface area (Å²) in [4.78, 5) is 22.6. The molecular formula is C21H26N2O5. The van der Waals surface area contributed by atoms with Gasteiger partial charge in [0.15, 0.2) is 0 Å². The maximum atomic E-state index is 11.6. The summed E-state index contributed by atoms with van der Waals surface area (Å²) in [7, 11) is 0. The first-order chi connectivity index (χ1) is 13.3. The third-order valence-corrected chi connectivity index (χ3v) is 4.56. The normalized spacial score (nSPS) is 11.8. The maximum absolute atomic E-state index is 11.6. The van der Waals surface area contributed by atoms with Gasteiger partial charge in [-0.3, -0.25) is 10.1 Å². The standard InChI is InChI=1S/C21H26N2O5/c1-3-4-5-6-9-14(2)28-20-13-19(23(26)27)17(12-18(20)22)15-10-7-8-11-16(15)21(24)25/h7-8,10-14H,3-6,9,22H2,1-2H3,(H,24,25)/t14-/m1/s1. The van der Waals surface area contributed by atoms with Gasteiger partial charge in [-0.1, -0.05) is 44.4 Å². The molecular weight excluding hydrogens is 360 g/mol. The Hall–Kier alpha value is -3.09. The number of anilines is 1. The zero-order valence-corrected chi connectivity index (χ0v) is 16.2. The van der Waals surface area contributed by atoms with Crippen LogP contribution < -0.4 is 10.5 Å². The lowest BCUT2D eigenvalue weighted by atomic mass is 9.97. The average molecular weight is 386 g/mol. The molecule has 0 saturated heterocycles. The summed E-state index contributed by atoms with van der Waals surface area (Å²) in [5.74, 6) is -0.921. The highest BCUT2D eigenvalue weighted by molar-refractivity contribution is 5.98. The number of unbranched alkanes of at least 4 members (excludes halogenated alkanes) is 3. The van der Waals surface area contributed by atoms with E-state index in [0.717, 1.165) is 32.1 Å². The fourth-order valence-corrected chi connectivity index (χ4v) is 3.09. The number of carboxylic acid groups (broad SMARTS) is 1. The highest BCUT2D eigenvalue weighted by atomic mass is 16.6. The minimum absolute atomic E-state index is 0.0250. The van der Waals surface area contributed by atoms with Crippen molar-refractivity contribution in [3.63, 3.8) is 0 Å². The third kappa shape index (κ3) is 5.22. The summed E-state index contributed by atoms with van der Waals surface area (Å²) in [5.41, 5.74) is 6.46. The number of aromatic carboxylic acids is 1. The molecule has 3 N–H and O–H groups in total. The van der Waals surface area contributed by atoms with Crippen molar-refractivity contribution in [3.8, 4) is 16.9 Å². The van der Waals surface area contributed by atoms with Crippen molar-refractivity contribution < 1.29 is 19.6 Å². The number of rotatable bonds is 10. The topological polar surface area (TPSA) is 116 Å². The molecule has 0 radical (unpaired) electrons. The quantitative estimate of drug-likeness (QED) is 0.248. The van der Waals surface area contributed by atoms with E-state index in [9.17, 15) is 20.0 Å². The van der Waals surface area contributed by atoms with Crippen LogP contribution in [0.1, 0.15) is 56.3 Å². The number of nitrogen functional groups attached to an aromatic ring is 1. The monoisotopic (exact) mass is 386 g/mol. The van der Waals surface area contributed by atoms with E-state index in [1.54, 1.807) is 12.1 Å². The second kappa shape index (κ2) is 9.73. The van der Waals surface area contributed by atoms with Gasteiger partial charge in [0, 0.05) is 5.56 Å². The Kier molecular flexibility index (Phi) is 7.37. The molecule has 2 aromatic rings. The van der Waals surface area contributed by atoms with E-state index in [0.29, 0.717) is 0 Å². The Morgan fingerprint density at radius 1 is 1.21 bits per heavy atom. The largest absolute Gasteiger partial charge is 0.488 e. The van der Waals surface area contributed by atoms with Crippen LogP contribution in [0.4, 0.5) is 11.4 Å². The summed E-state index contributed by atoms with van der Waals surface area (Å²) in [6.45, 7) is 4.05. The number of benzene rings is 2. The number of ether oxygens (including phenoxy) is 1. The van der Waals surface area contributed by atoms with Crippen LogP contribution in [0.5, 0.6) is 5.75 Å². The van der Waals surface area contributed by atoms with E-state index < -0.39 is 10.9 Å². The molecule has 7 nitrogen and oxygen atoms in total. The Balaban J connectivity index is 2.35. The second-order valence-corrected chi connectivity index (χ2v) is 6.79. The van der Waals surface area contributed by atoms with Crippen LogP contribution >= 0.6 is 0 Å². The highest BCUT2D eigenvalue weighted by Crippen LogP contribution is 2.39. The number of nitrogens with two attached hydrogens (primary N) is 1. The van der Waals surface area contributed by atoms with Crippen molar-refractivity contribution >= 4 is 17.3 Å². The number of hydrogen-bond donors (Lipinski definition) is 2. The first kappa shape index (κ1) is 21.2. The Morgan fingerprint density at radius 2 is 1.93 bits per heavy atom. The van der Waals surface area contributed by atoms with Crippen molar-refractivity contribution in [2.24, 2.45) is 0 Å². The maximum Gasteiger partial charge on any atom is 0.336 e. The number of nitro groups is 1. The van der Waals surface area contributed by atoms with E-state index in [-0.39, 0.29) is 39.9 Å². The van der Waals surface area contributed by atoms with Gasteiger partial charge in [-0.25, -0.2) is 4.79 Å². The predicted octanol–water partition coefficient (Wildman–Crippen LogP) is 5.28. The molecule has 0 spiro atoms. The van der Waals surface area contributed by atoms with E-state index in [1.807, 2.05) is 6.92 Å². The van der Waals surface area contributed by atoms with Gasteiger partial charge in [-0.2, -0.15) is 0 Å². The van der Waals surface area contributed by atoms with Gasteiger partial charge in [-0.05, 0) is 31.9 Å². The third-order valence-electron chi connectivity index (χ3n) is 4.56. The SMILES string of the molecule is CCCCCC[C@@H](C)Oc1cc([N+](=O)[O-])c(-c2ccccc2C(=O)O)cc1N. The van der Waals surface area contributed by atoms with Gasteiger partial charge in [0.1, 0.15) is 5.75 Å². The van der Waals surface area contributed by atoms with Crippen LogP contribution in [-0.2, 0) is 0 Å². The molecule has 1 atom stereocenters. The first-order valence-corrected chi connectivity index (χ1v) is 9.42. The fourth-order valence-electron chi connectivity index (χ4n) is 3.09. The van der Waals surface area contributed by atoms with Crippen LogP contribution in [0.25, 0.3) is 11.1 Å². The minimum Gasteiger partial charge on any atom is -0.488 e. The molecule has 0 aromatic heterocycles. The molecule has 0 bridgehead atoms. The van der Waals surface area contributed by atoms with E-state index in [1.165, 1.54) is 24.3 Å². The Morgan fingerprint density at radius 3 is 2.57 bits per heavy atom. The molecule has 7 heteroatoms. The van der Waals surface area contributed by atoms with E-state index >= 15 is 0 Å². The van der Waals surface area contributed by atoms with Crippen LogP contribution in [0.3, 0.4) is 0 Å². The molecule has 2 aromatic carbocycles. The predicted molar refractivity (Wildman–Crippen MR) is 109 cm³/mol. The molecule has 0 unspecified atom stereocenters. The lowest BCUT2D eigenvalue weighted by Crippen LogP contribution is -2.13. The summed E-state index contributed by atoms with van der Waals surface area (Å²) >= 11 is 0. The molecule has 0 amide bonds. The lowest BCUT2D eigenvalue weighted by molar-refractivity contribution is -0.384. The summed E-state index contributed by atoms with van der Waals surface area (Å²) < 4.78 is 5.84. The van der Waals surface area contributed by atoms with Gasteiger partial charge in [0.25, 0.3) is 5.69 Å². The summed E-state index contributed by atoms with van der Waals surface area (Å²) in [6.07, 6.45) is 5.14. The molecule has 0 aliphatic carbocycles.